The zero-order chi connectivity index (χ0) is 36.4. The third-order valence-corrected chi connectivity index (χ3v) is 8.95. The van der Waals surface area contributed by atoms with E-state index in [4.69, 9.17) is 14.2 Å². The highest BCUT2D eigenvalue weighted by atomic mass is 19.4. The number of para-hydroxylation sites is 2. The number of carboxylic acid groups (broad SMARTS) is 1. The van der Waals surface area contributed by atoms with Crippen LogP contribution in [0.15, 0.2) is 94.6 Å². The molecule has 1 saturated heterocycles. The highest BCUT2D eigenvalue weighted by Crippen LogP contribution is 2.55. The summed E-state index contributed by atoms with van der Waals surface area (Å²) in [6.45, 7) is 0. The van der Waals surface area contributed by atoms with Crippen LogP contribution < -0.4 is 20.7 Å². The van der Waals surface area contributed by atoms with Gasteiger partial charge in [-0.25, -0.2) is 4.79 Å². The van der Waals surface area contributed by atoms with Gasteiger partial charge in [-0.15, -0.1) is 0 Å². The number of Topliss-reactive ketones (excluding diaryl/α,β-unsaturated/α-hetero) is 1. The Morgan fingerprint density at radius 1 is 0.920 bits per heavy atom. The third-order valence-electron chi connectivity index (χ3n) is 8.95. The number of ketones is 1. The molecule has 1 aliphatic heterocycles. The molecule has 1 aliphatic rings. The number of methoxy groups -OCH3 is 2. The van der Waals surface area contributed by atoms with Gasteiger partial charge >= 0.3 is 17.8 Å². The van der Waals surface area contributed by atoms with Crippen LogP contribution >= 0.6 is 0 Å². The summed E-state index contributed by atoms with van der Waals surface area (Å²) < 4.78 is 59.3. The van der Waals surface area contributed by atoms with Gasteiger partial charge < -0.3 is 29.5 Å². The minimum absolute atomic E-state index is 0.199. The Hall–Kier alpha value is -5.25. The van der Waals surface area contributed by atoms with Crippen LogP contribution in [0.4, 0.5) is 13.2 Å². The SMILES string of the molecule is COc1ccccc1C(c1ccccc1)(c1ccccc1OC)C(O)[C@@]1(C(=O)CCC(=O)O)O[C@@H](n2cc(C(F)(F)F)c(=O)[nH]c2=O)C[C@@H]1O. The van der Waals surface area contributed by atoms with Crippen molar-refractivity contribution in [2.24, 2.45) is 0 Å². The quantitative estimate of drug-likeness (QED) is 0.160. The fourth-order valence-corrected chi connectivity index (χ4v) is 6.73. The lowest BCUT2D eigenvalue weighted by Crippen LogP contribution is -2.64. The van der Waals surface area contributed by atoms with E-state index in [-0.39, 0.29) is 28.8 Å². The first-order chi connectivity index (χ1) is 23.7. The molecule has 1 fully saturated rings. The number of aliphatic hydroxyl groups excluding tert-OH is 2. The number of nitrogens with zero attached hydrogens (tertiary/aromatic N) is 1. The van der Waals surface area contributed by atoms with E-state index in [2.05, 4.69) is 0 Å². The average Bonchev–Trinajstić information content (AvgIpc) is 3.45. The Kier molecular flexibility index (Phi) is 10.0. The molecule has 264 valence electrons. The minimum Gasteiger partial charge on any atom is -0.496 e. The molecule has 1 unspecified atom stereocenters. The van der Waals surface area contributed by atoms with Gasteiger partial charge in [0.05, 0.1) is 32.2 Å². The molecule has 0 aliphatic carbocycles. The number of carbonyl (C=O) groups is 2. The Morgan fingerprint density at radius 3 is 1.98 bits per heavy atom. The summed E-state index contributed by atoms with van der Waals surface area (Å²) in [6.07, 6.45) is -13.4. The maximum absolute atomic E-state index is 14.4. The molecule has 0 saturated carbocycles. The molecule has 2 heterocycles. The van der Waals surface area contributed by atoms with Gasteiger partial charge in [-0.05, 0) is 17.7 Å². The lowest BCUT2D eigenvalue weighted by molar-refractivity contribution is -0.188. The van der Waals surface area contributed by atoms with Gasteiger partial charge in [0.25, 0.3) is 5.56 Å². The fourth-order valence-electron chi connectivity index (χ4n) is 6.73. The molecule has 0 radical (unpaired) electrons. The van der Waals surface area contributed by atoms with E-state index < -0.39 is 83.5 Å². The van der Waals surface area contributed by atoms with Gasteiger partial charge in [0.1, 0.15) is 29.4 Å². The maximum atomic E-state index is 14.4. The number of carboxylic acids is 1. The summed E-state index contributed by atoms with van der Waals surface area (Å²) in [4.78, 5) is 52.7. The highest BCUT2D eigenvalue weighted by Gasteiger charge is 2.66. The van der Waals surface area contributed by atoms with E-state index in [1.807, 2.05) is 0 Å². The minimum atomic E-state index is -5.20. The summed E-state index contributed by atoms with van der Waals surface area (Å²) >= 11 is 0. The highest BCUT2D eigenvalue weighted by molar-refractivity contribution is 5.92. The normalized spacial score (nSPS) is 19.9. The molecular formula is C35H33F3N2O10. The molecule has 15 heteroatoms. The summed E-state index contributed by atoms with van der Waals surface area (Å²) in [5, 5.41) is 34.5. The number of aliphatic carboxylic acids is 1. The standard InChI is InChI=1S/C35H33F3N2O10/c1-48-24-14-8-6-12-21(24)33(20-10-4-3-5-11-20,22-13-7-9-15-25(22)49-2)31(46)34(26(41)16-17-29(43)44)27(42)18-28(50-34)40-19-23(35(36,37)38)30(45)39-32(40)47/h3-15,19,27-28,31,42,46H,16-18H2,1-2H3,(H,43,44)(H,39,45,47)/t27-,28+,31?,34-/m0/s1. The first-order valence-corrected chi connectivity index (χ1v) is 15.3. The molecule has 5 rings (SSSR count). The Morgan fingerprint density at radius 2 is 1.46 bits per heavy atom. The fraction of sp³-hybridized carbons (Fsp3) is 0.314. The second-order valence-corrected chi connectivity index (χ2v) is 11.6. The predicted octanol–water partition coefficient (Wildman–Crippen LogP) is 3.42. The first kappa shape index (κ1) is 36.0. The van der Waals surface area contributed by atoms with Crippen molar-refractivity contribution < 1.29 is 52.3 Å². The van der Waals surface area contributed by atoms with Gasteiger partial charge in [0, 0.05) is 30.2 Å². The molecule has 0 bridgehead atoms. The zero-order valence-electron chi connectivity index (χ0n) is 26.7. The van der Waals surface area contributed by atoms with Crippen molar-refractivity contribution in [2.45, 2.75) is 54.9 Å². The number of ether oxygens (including phenoxy) is 3. The molecular weight excluding hydrogens is 665 g/mol. The largest absolute Gasteiger partial charge is 0.496 e. The number of benzene rings is 3. The summed E-state index contributed by atoms with van der Waals surface area (Å²) in [7, 11) is 2.74. The smallest absolute Gasteiger partial charge is 0.423 e. The van der Waals surface area contributed by atoms with Crippen molar-refractivity contribution in [3.05, 3.63) is 128 Å². The zero-order valence-corrected chi connectivity index (χ0v) is 26.7. The average molecular weight is 699 g/mol. The van der Waals surface area contributed by atoms with E-state index in [0.29, 0.717) is 10.1 Å². The van der Waals surface area contributed by atoms with Crippen LogP contribution in [-0.2, 0) is 25.9 Å². The summed E-state index contributed by atoms with van der Waals surface area (Å²) in [5.41, 5.74) is -8.84. The molecule has 12 nitrogen and oxygen atoms in total. The number of hydrogen-bond acceptors (Lipinski definition) is 9. The number of carbonyl (C=O) groups excluding carboxylic acids is 1. The molecule has 0 spiro atoms. The molecule has 4 N–H and O–H groups in total. The van der Waals surface area contributed by atoms with E-state index in [0.717, 1.165) is 0 Å². The van der Waals surface area contributed by atoms with E-state index >= 15 is 0 Å². The monoisotopic (exact) mass is 698 g/mol. The van der Waals surface area contributed by atoms with E-state index in [1.165, 1.54) is 14.2 Å². The second-order valence-electron chi connectivity index (χ2n) is 11.6. The van der Waals surface area contributed by atoms with Crippen molar-refractivity contribution in [2.75, 3.05) is 14.2 Å². The Labute approximate surface area is 282 Å². The van der Waals surface area contributed by atoms with Gasteiger partial charge in [-0.2, -0.15) is 13.2 Å². The van der Waals surface area contributed by atoms with Crippen LogP contribution in [0.3, 0.4) is 0 Å². The number of nitrogens with one attached hydrogen (secondary N) is 1. The van der Waals surface area contributed by atoms with Crippen molar-refractivity contribution in [3.63, 3.8) is 0 Å². The lowest BCUT2D eigenvalue weighted by atomic mass is 9.59. The van der Waals surface area contributed by atoms with Crippen LogP contribution in [0.25, 0.3) is 0 Å². The van der Waals surface area contributed by atoms with Crippen LogP contribution in [0.2, 0.25) is 0 Å². The third kappa shape index (κ3) is 6.08. The Bertz CT molecular complexity index is 1950. The number of aromatic nitrogens is 2. The van der Waals surface area contributed by atoms with Crippen molar-refractivity contribution in [1.29, 1.82) is 0 Å². The second kappa shape index (κ2) is 13.9. The molecule has 4 aromatic rings. The van der Waals surface area contributed by atoms with Gasteiger partial charge in [-0.1, -0.05) is 66.7 Å². The van der Waals surface area contributed by atoms with Gasteiger partial charge in [-0.3, -0.25) is 23.9 Å². The van der Waals surface area contributed by atoms with Crippen molar-refractivity contribution in [3.8, 4) is 11.5 Å². The molecule has 50 heavy (non-hydrogen) atoms. The summed E-state index contributed by atoms with van der Waals surface area (Å²) in [5.74, 6) is -2.13. The van der Waals surface area contributed by atoms with Gasteiger partial charge in [0.15, 0.2) is 11.4 Å². The summed E-state index contributed by atoms with van der Waals surface area (Å²) in [6, 6.07) is 21.2. The lowest BCUT2D eigenvalue weighted by Gasteiger charge is -2.48. The van der Waals surface area contributed by atoms with Crippen molar-refractivity contribution >= 4 is 11.8 Å². The molecule has 1 aromatic heterocycles. The molecule has 0 amide bonds. The molecule has 3 aromatic carbocycles. The molecule has 4 atom stereocenters. The number of H-pyrrole nitrogens is 1. The van der Waals surface area contributed by atoms with Crippen LogP contribution in [0.1, 0.15) is 47.7 Å². The Balaban J connectivity index is 1.87. The predicted molar refractivity (Wildman–Crippen MR) is 170 cm³/mol. The van der Waals surface area contributed by atoms with Crippen LogP contribution in [0, 0.1) is 0 Å². The number of rotatable bonds is 12. The first-order valence-electron chi connectivity index (χ1n) is 15.3. The van der Waals surface area contributed by atoms with Crippen LogP contribution in [0.5, 0.6) is 11.5 Å². The number of aromatic amines is 1. The van der Waals surface area contributed by atoms with Crippen LogP contribution in [-0.4, -0.2) is 68.7 Å². The van der Waals surface area contributed by atoms with Crippen molar-refractivity contribution in [1.82, 2.24) is 9.55 Å². The maximum Gasteiger partial charge on any atom is 0.423 e. The topological polar surface area (TPSA) is 177 Å². The number of halogens is 3. The number of alkyl halides is 3. The van der Waals surface area contributed by atoms with E-state index in [9.17, 15) is 47.7 Å². The number of aliphatic hydroxyl groups is 2. The van der Waals surface area contributed by atoms with E-state index in [1.54, 1.807) is 83.8 Å². The van der Waals surface area contributed by atoms with Gasteiger partial charge in [0.2, 0.25) is 0 Å². The number of hydrogen-bond donors (Lipinski definition) is 4.